The molecule has 46 heavy (non-hydrogen) atoms. The largest absolute Gasteiger partial charge is 0.427 e. The van der Waals surface area contributed by atoms with Gasteiger partial charge in [-0.05, 0) is 103 Å². The maximum absolute atomic E-state index is 13.5. The summed E-state index contributed by atoms with van der Waals surface area (Å²) in [5.74, 6) is -0.988. The molecule has 3 aromatic carbocycles. The first-order valence-electron chi connectivity index (χ1n) is 14.5. The van der Waals surface area contributed by atoms with E-state index < -0.39 is 46.0 Å². The van der Waals surface area contributed by atoms with Crippen LogP contribution in [-0.2, 0) is 19.9 Å². The lowest BCUT2D eigenvalue weighted by molar-refractivity contribution is 0.0981. The number of carbonyl (C=O) groups is 1. The fourth-order valence-corrected chi connectivity index (χ4v) is 8.04. The van der Waals surface area contributed by atoms with Crippen LogP contribution in [0.25, 0.3) is 5.57 Å². The average Bonchev–Trinajstić information content (AvgIpc) is 3.01. The summed E-state index contributed by atoms with van der Waals surface area (Å²) in [6, 6.07) is 16.6. The summed E-state index contributed by atoms with van der Waals surface area (Å²) >= 11 is 10.8. The van der Waals surface area contributed by atoms with Crippen LogP contribution >= 0.6 is 23.2 Å². The molecule has 0 radical (unpaired) electrons. The second-order valence-electron chi connectivity index (χ2n) is 11.2. The highest BCUT2D eigenvalue weighted by Gasteiger charge is 2.45. The fraction of sp³-hybridized carbons (Fsp3) is 0.323. The van der Waals surface area contributed by atoms with Gasteiger partial charge in [-0.25, -0.2) is 21.6 Å². The van der Waals surface area contributed by atoms with Crippen LogP contribution in [-0.4, -0.2) is 65.1 Å². The minimum atomic E-state index is -5.50. The highest BCUT2D eigenvalue weighted by molar-refractivity contribution is 7.94. The Morgan fingerprint density at radius 3 is 2.15 bits per heavy atom. The second kappa shape index (κ2) is 13.5. The van der Waals surface area contributed by atoms with Crippen LogP contribution in [0.3, 0.4) is 0 Å². The van der Waals surface area contributed by atoms with E-state index in [-0.39, 0.29) is 5.56 Å². The van der Waals surface area contributed by atoms with Gasteiger partial charge in [-0.15, -0.1) is 0 Å². The van der Waals surface area contributed by atoms with E-state index >= 15 is 0 Å². The molecule has 1 aliphatic heterocycles. The number of nitrogens with two attached hydrogens (primary N) is 1. The van der Waals surface area contributed by atoms with Gasteiger partial charge >= 0.3 is 4.71 Å². The third-order valence-corrected chi connectivity index (χ3v) is 11.9. The van der Waals surface area contributed by atoms with Crippen molar-refractivity contribution in [2.75, 3.05) is 43.4 Å². The van der Waals surface area contributed by atoms with Crippen LogP contribution in [0.4, 0.5) is 20.2 Å². The molecule has 3 N–H and O–H groups in total. The predicted molar refractivity (Wildman–Crippen MR) is 175 cm³/mol. The number of nitrogens with one attached hydrogen (secondary N) is 1. The molecule has 2 aliphatic rings. The van der Waals surface area contributed by atoms with Gasteiger partial charge in [0.1, 0.15) is 0 Å². The second-order valence-corrected chi connectivity index (χ2v) is 16.0. The first kappa shape index (κ1) is 34.1. The maximum Gasteiger partial charge on any atom is 0.427 e. The standard InChI is InChI=1S/C31H32Cl2F2N4O5S2/c32-24-9-5-21(6-10-24)27-4-2-1-3-23(27)20-38-15-17-39(18-16-38)25-11-7-22(8-12-25)30(40)37-46(43,44)26-13-14-28(36)29(19-26)45(41,42)31(33,34)35/h5-14,19H,1-4,15-18,20,36H2,(H,37,40). The first-order valence-corrected chi connectivity index (χ1v) is 18.2. The summed E-state index contributed by atoms with van der Waals surface area (Å²) in [5, 5.41) is 0.725. The number of carbonyl (C=O) groups excluding carboxylic acids is 1. The predicted octanol–water partition coefficient (Wildman–Crippen LogP) is 5.75. The third kappa shape index (κ3) is 7.49. The van der Waals surface area contributed by atoms with Gasteiger partial charge in [0.05, 0.1) is 15.5 Å². The molecular formula is C31H32Cl2F2N4O5S2. The third-order valence-electron chi connectivity index (χ3n) is 8.17. The van der Waals surface area contributed by atoms with Crippen molar-refractivity contribution in [1.29, 1.82) is 0 Å². The Labute approximate surface area is 276 Å². The highest BCUT2D eigenvalue weighted by Crippen LogP contribution is 2.37. The van der Waals surface area contributed by atoms with E-state index in [2.05, 4.69) is 21.9 Å². The molecule has 0 bridgehead atoms. The smallest absolute Gasteiger partial charge is 0.398 e. The van der Waals surface area contributed by atoms with Crippen molar-refractivity contribution in [2.45, 2.75) is 40.2 Å². The van der Waals surface area contributed by atoms with E-state index in [0.717, 1.165) is 68.4 Å². The number of benzene rings is 3. The van der Waals surface area contributed by atoms with Crippen molar-refractivity contribution < 1.29 is 30.4 Å². The van der Waals surface area contributed by atoms with Gasteiger partial charge in [0.25, 0.3) is 25.8 Å². The molecule has 5 rings (SSSR count). The van der Waals surface area contributed by atoms with Crippen molar-refractivity contribution in [3.8, 4) is 0 Å². The lowest BCUT2D eigenvalue weighted by Gasteiger charge is -2.37. The minimum Gasteiger partial charge on any atom is -0.398 e. The molecule has 0 unspecified atom stereocenters. The molecule has 1 heterocycles. The number of allylic oxidation sites excluding steroid dienone is 1. The quantitative estimate of drug-likeness (QED) is 0.212. The van der Waals surface area contributed by atoms with E-state index in [9.17, 15) is 30.4 Å². The van der Waals surface area contributed by atoms with E-state index in [1.807, 2.05) is 16.9 Å². The van der Waals surface area contributed by atoms with Gasteiger partial charge < -0.3 is 10.6 Å². The molecule has 0 aromatic heterocycles. The Hall–Kier alpha value is -3.23. The van der Waals surface area contributed by atoms with Gasteiger partial charge in [0, 0.05) is 49.0 Å². The Morgan fingerprint density at radius 1 is 0.891 bits per heavy atom. The van der Waals surface area contributed by atoms with E-state index in [1.54, 1.807) is 12.1 Å². The summed E-state index contributed by atoms with van der Waals surface area (Å²) in [4.78, 5) is 15.5. The Balaban J connectivity index is 1.21. The highest BCUT2D eigenvalue weighted by atomic mass is 35.5. The molecule has 1 saturated heterocycles. The normalized spacial score (nSPS) is 16.8. The van der Waals surface area contributed by atoms with Crippen LogP contribution in [0.2, 0.25) is 5.02 Å². The topological polar surface area (TPSA) is 130 Å². The number of alkyl halides is 3. The van der Waals surface area contributed by atoms with Gasteiger partial charge in [0.15, 0.2) is 0 Å². The average molecular weight is 714 g/mol. The van der Waals surface area contributed by atoms with Gasteiger partial charge in [-0.1, -0.05) is 29.3 Å². The van der Waals surface area contributed by atoms with Gasteiger partial charge in [0.2, 0.25) is 0 Å². The zero-order valence-corrected chi connectivity index (χ0v) is 27.7. The van der Waals surface area contributed by atoms with Crippen LogP contribution in [0.5, 0.6) is 0 Å². The van der Waals surface area contributed by atoms with E-state index in [1.165, 1.54) is 41.7 Å². The number of anilines is 2. The van der Waals surface area contributed by atoms with E-state index in [4.69, 9.17) is 28.9 Å². The SMILES string of the molecule is Nc1ccc(S(=O)(=O)NC(=O)c2ccc(N3CCN(CC4=C(c5ccc(Cl)cc5)CCCC4)CC3)cc2)cc1S(=O)(=O)C(F)(F)Cl. The van der Waals surface area contributed by atoms with Crippen molar-refractivity contribution >= 4 is 65.9 Å². The fourth-order valence-electron chi connectivity index (χ4n) is 5.68. The number of piperazine rings is 1. The number of nitrogens with zero attached hydrogens (tertiary/aromatic N) is 2. The summed E-state index contributed by atoms with van der Waals surface area (Å²) in [7, 11) is -10.2. The Bertz CT molecular complexity index is 1860. The molecule has 15 heteroatoms. The summed E-state index contributed by atoms with van der Waals surface area (Å²) in [5.41, 5.74) is 9.89. The van der Waals surface area contributed by atoms with Crippen LogP contribution < -0.4 is 15.4 Å². The molecule has 0 spiro atoms. The van der Waals surface area contributed by atoms with Crippen molar-refractivity contribution in [3.63, 3.8) is 0 Å². The van der Waals surface area contributed by atoms with Gasteiger partial charge in [-0.2, -0.15) is 8.78 Å². The lowest BCUT2D eigenvalue weighted by Crippen LogP contribution is -2.47. The number of sulfonamides is 1. The molecule has 1 amide bonds. The zero-order chi connectivity index (χ0) is 33.3. The monoisotopic (exact) mass is 712 g/mol. The number of halogens is 4. The first-order chi connectivity index (χ1) is 21.7. The van der Waals surface area contributed by atoms with Crippen molar-refractivity contribution in [2.24, 2.45) is 0 Å². The van der Waals surface area contributed by atoms with E-state index in [0.29, 0.717) is 6.07 Å². The number of hydrogen-bond donors (Lipinski definition) is 2. The lowest BCUT2D eigenvalue weighted by atomic mass is 9.87. The molecule has 0 atom stereocenters. The molecule has 1 aliphatic carbocycles. The zero-order valence-electron chi connectivity index (χ0n) is 24.6. The number of sulfone groups is 1. The van der Waals surface area contributed by atoms with Crippen molar-refractivity contribution in [3.05, 3.63) is 88.5 Å². The van der Waals surface area contributed by atoms with Crippen LogP contribution in [0.1, 0.15) is 41.6 Å². The summed E-state index contributed by atoms with van der Waals surface area (Å²) in [6.45, 7) is 4.16. The number of amides is 1. The molecule has 3 aromatic rings. The number of nitrogen functional groups attached to an aromatic ring is 1. The van der Waals surface area contributed by atoms with Crippen LogP contribution in [0, 0.1) is 0 Å². The molecule has 0 saturated carbocycles. The number of hydrogen-bond acceptors (Lipinski definition) is 8. The Kier molecular flexibility index (Phi) is 10.00. The maximum atomic E-state index is 13.5. The summed E-state index contributed by atoms with van der Waals surface area (Å²) in [6.07, 6.45) is 4.51. The van der Waals surface area contributed by atoms with Crippen LogP contribution in [0.15, 0.2) is 82.1 Å². The molecule has 9 nitrogen and oxygen atoms in total. The minimum absolute atomic E-state index is 0.0282. The Morgan fingerprint density at radius 2 is 1.52 bits per heavy atom. The molecule has 246 valence electrons. The molecule has 1 fully saturated rings. The molecular weight excluding hydrogens is 681 g/mol. The summed E-state index contributed by atoms with van der Waals surface area (Å²) < 4.78 is 73.9. The van der Waals surface area contributed by atoms with Crippen molar-refractivity contribution in [1.82, 2.24) is 9.62 Å². The van der Waals surface area contributed by atoms with Gasteiger partial charge in [-0.3, -0.25) is 9.69 Å². The number of rotatable bonds is 9.